The predicted octanol–water partition coefficient (Wildman–Crippen LogP) is 3.50. The summed E-state index contributed by atoms with van der Waals surface area (Å²) < 4.78 is 5.71. The third-order valence-electron chi connectivity index (χ3n) is 2.61. The van der Waals surface area contributed by atoms with E-state index in [-0.39, 0.29) is 0 Å². The molecule has 0 bridgehead atoms. The molecule has 0 amide bonds. The molecule has 0 aliphatic heterocycles. The molecule has 2 rings (SSSR count). The van der Waals surface area contributed by atoms with Crippen LogP contribution in [0.15, 0.2) is 47.7 Å². The first-order valence-electron chi connectivity index (χ1n) is 5.38. The molecule has 0 atom stereocenters. The zero-order valence-corrected chi connectivity index (χ0v) is 9.27. The number of benzene rings is 1. The molecule has 2 nitrogen and oxygen atoms in total. The molecule has 0 heterocycles. The van der Waals surface area contributed by atoms with Gasteiger partial charge < -0.3 is 4.74 Å². The first kappa shape index (κ1) is 10.7. The molecule has 0 saturated carbocycles. The molecule has 0 saturated heterocycles. The van der Waals surface area contributed by atoms with Gasteiger partial charge in [0.05, 0.1) is 5.56 Å². The summed E-state index contributed by atoms with van der Waals surface area (Å²) in [6.07, 6.45) is 6.77. The number of aldehydes is 1. The lowest BCUT2D eigenvalue weighted by molar-refractivity contribution is 0.112. The van der Waals surface area contributed by atoms with Crippen LogP contribution in [0.2, 0.25) is 0 Å². The van der Waals surface area contributed by atoms with E-state index in [4.69, 9.17) is 4.74 Å². The highest BCUT2D eigenvalue weighted by molar-refractivity contribution is 5.79. The van der Waals surface area contributed by atoms with Crippen LogP contribution in [0.25, 0.3) is 0 Å². The summed E-state index contributed by atoms with van der Waals surface area (Å²) in [6, 6.07) is 7.27. The summed E-state index contributed by atoms with van der Waals surface area (Å²) in [5, 5.41) is 0. The van der Waals surface area contributed by atoms with E-state index in [1.807, 2.05) is 24.3 Å². The van der Waals surface area contributed by atoms with Crippen molar-refractivity contribution in [3.63, 3.8) is 0 Å². The lowest BCUT2D eigenvalue weighted by atomic mass is 10.1. The number of hydrogen-bond acceptors (Lipinski definition) is 2. The van der Waals surface area contributed by atoms with E-state index in [2.05, 4.69) is 13.0 Å². The van der Waals surface area contributed by atoms with Gasteiger partial charge in [0.1, 0.15) is 11.5 Å². The third kappa shape index (κ3) is 2.40. The van der Waals surface area contributed by atoms with Crippen LogP contribution in [0.4, 0.5) is 0 Å². The van der Waals surface area contributed by atoms with Gasteiger partial charge in [0.15, 0.2) is 6.29 Å². The Bertz CT molecular complexity index is 456. The topological polar surface area (TPSA) is 26.3 Å². The average molecular weight is 214 g/mol. The number of allylic oxidation sites excluding steroid dienone is 4. The number of hydrogen-bond donors (Lipinski definition) is 0. The van der Waals surface area contributed by atoms with E-state index >= 15 is 0 Å². The number of rotatable bonds is 3. The number of carbonyl (C=O) groups excluding carboxylic acids is 1. The van der Waals surface area contributed by atoms with Gasteiger partial charge in [-0.05, 0) is 31.6 Å². The monoisotopic (exact) mass is 214 g/mol. The van der Waals surface area contributed by atoms with Crippen molar-refractivity contribution in [2.45, 2.75) is 19.8 Å². The van der Waals surface area contributed by atoms with Crippen molar-refractivity contribution in [3.8, 4) is 5.75 Å². The second-order valence-corrected chi connectivity index (χ2v) is 3.90. The molecule has 16 heavy (non-hydrogen) atoms. The molecule has 1 aromatic carbocycles. The summed E-state index contributed by atoms with van der Waals surface area (Å²) in [7, 11) is 0. The van der Waals surface area contributed by atoms with Crippen molar-refractivity contribution in [2.24, 2.45) is 0 Å². The van der Waals surface area contributed by atoms with Gasteiger partial charge in [-0.15, -0.1) is 0 Å². The van der Waals surface area contributed by atoms with Gasteiger partial charge in [0.25, 0.3) is 0 Å². The summed E-state index contributed by atoms with van der Waals surface area (Å²) in [6.45, 7) is 2.10. The van der Waals surface area contributed by atoms with Crippen molar-refractivity contribution in [1.29, 1.82) is 0 Å². The smallest absolute Gasteiger partial charge is 0.153 e. The van der Waals surface area contributed by atoms with E-state index in [1.165, 1.54) is 5.57 Å². The maximum Gasteiger partial charge on any atom is 0.153 e. The molecule has 1 aliphatic carbocycles. The van der Waals surface area contributed by atoms with Gasteiger partial charge in [-0.3, -0.25) is 4.79 Å². The van der Waals surface area contributed by atoms with Gasteiger partial charge in [-0.25, -0.2) is 0 Å². The maximum absolute atomic E-state index is 10.8. The highest BCUT2D eigenvalue weighted by Crippen LogP contribution is 2.24. The molecule has 0 spiro atoms. The first-order chi connectivity index (χ1) is 7.79. The van der Waals surface area contributed by atoms with Crippen molar-refractivity contribution in [1.82, 2.24) is 0 Å². The largest absolute Gasteiger partial charge is 0.461 e. The van der Waals surface area contributed by atoms with Crippen LogP contribution in [0, 0.1) is 0 Å². The zero-order valence-electron chi connectivity index (χ0n) is 9.27. The SMILES string of the molecule is CC1=CC=C(Oc2ccccc2C=O)CC1. The first-order valence-corrected chi connectivity index (χ1v) is 5.38. The van der Waals surface area contributed by atoms with Crippen molar-refractivity contribution in [2.75, 3.05) is 0 Å². The van der Waals surface area contributed by atoms with E-state index < -0.39 is 0 Å². The Morgan fingerprint density at radius 1 is 1.19 bits per heavy atom. The Kier molecular flexibility index (Phi) is 3.20. The molecular formula is C14H14O2. The van der Waals surface area contributed by atoms with E-state index in [9.17, 15) is 4.79 Å². The fraction of sp³-hybridized carbons (Fsp3) is 0.214. The second kappa shape index (κ2) is 4.79. The Morgan fingerprint density at radius 2 is 2.00 bits per heavy atom. The fourth-order valence-corrected chi connectivity index (χ4v) is 1.62. The van der Waals surface area contributed by atoms with Gasteiger partial charge in [-0.2, -0.15) is 0 Å². The van der Waals surface area contributed by atoms with E-state index in [0.717, 1.165) is 24.9 Å². The van der Waals surface area contributed by atoms with Gasteiger partial charge in [0.2, 0.25) is 0 Å². The number of ether oxygens (including phenoxy) is 1. The summed E-state index contributed by atoms with van der Waals surface area (Å²) in [4.78, 5) is 10.8. The minimum absolute atomic E-state index is 0.592. The summed E-state index contributed by atoms with van der Waals surface area (Å²) in [5.41, 5.74) is 1.95. The van der Waals surface area contributed by atoms with E-state index in [1.54, 1.807) is 6.07 Å². The molecule has 1 aliphatic rings. The molecule has 0 unspecified atom stereocenters. The Hall–Kier alpha value is -1.83. The lowest BCUT2D eigenvalue weighted by Gasteiger charge is -2.14. The molecule has 0 N–H and O–H groups in total. The number of carbonyl (C=O) groups is 1. The van der Waals surface area contributed by atoms with Crippen LogP contribution < -0.4 is 4.74 Å². The van der Waals surface area contributed by atoms with Gasteiger partial charge in [0, 0.05) is 6.42 Å². The second-order valence-electron chi connectivity index (χ2n) is 3.90. The minimum atomic E-state index is 0.592. The quantitative estimate of drug-likeness (QED) is 0.720. The fourth-order valence-electron chi connectivity index (χ4n) is 1.62. The van der Waals surface area contributed by atoms with Gasteiger partial charge in [-0.1, -0.05) is 23.8 Å². The Morgan fingerprint density at radius 3 is 2.69 bits per heavy atom. The highest BCUT2D eigenvalue weighted by Gasteiger charge is 2.08. The summed E-state index contributed by atoms with van der Waals surface area (Å²) in [5.74, 6) is 1.55. The predicted molar refractivity (Wildman–Crippen MR) is 63.5 cm³/mol. The molecule has 0 aromatic heterocycles. The normalized spacial score (nSPS) is 15.1. The van der Waals surface area contributed by atoms with Crippen LogP contribution in [0.3, 0.4) is 0 Å². The van der Waals surface area contributed by atoms with Crippen molar-refractivity contribution in [3.05, 3.63) is 53.3 Å². The third-order valence-corrected chi connectivity index (χ3v) is 2.61. The van der Waals surface area contributed by atoms with Crippen LogP contribution in [0.1, 0.15) is 30.1 Å². The zero-order chi connectivity index (χ0) is 11.4. The van der Waals surface area contributed by atoms with Crippen LogP contribution in [-0.2, 0) is 0 Å². The molecular weight excluding hydrogens is 200 g/mol. The number of para-hydroxylation sites is 1. The summed E-state index contributed by atoms with van der Waals surface area (Å²) >= 11 is 0. The maximum atomic E-state index is 10.8. The van der Waals surface area contributed by atoms with E-state index in [0.29, 0.717) is 11.3 Å². The van der Waals surface area contributed by atoms with Crippen molar-refractivity contribution < 1.29 is 9.53 Å². The average Bonchev–Trinajstić information content (AvgIpc) is 2.33. The lowest BCUT2D eigenvalue weighted by Crippen LogP contribution is -2.01. The van der Waals surface area contributed by atoms with Crippen LogP contribution in [0.5, 0.6) is 5.75 Å². The van der Waals surface area contributed by atoms with Crippen LogP contribution in [-0.4, -0.2) is 6.29 Å². The standard InChI is InChI=1S/C14H14O2/c1-11-6-8-13(9-7-11)16-14-5-3-2-4-12(14)10-15/h2-6,8,10H,7,9H2,1H3. The molecule has 1 aromatic rings. The molecule has 82 valence electrons. The molecule has 0 radical (unpaired) electrons. The minimum Gasteiger partial charge on any atom is -0.461 e. The molecule has 2 heteroatoms. The highest BCUT2D eigenvalue weighted by atomic mass is 16.5. The van der Waals surface area contributed by atoms with Crippen molar-refractivity contribution >= 4 is 6.29 Å². The Balaban J connectivity index is 2.18. The van der Waals surface area contributed by atoms with Crippen LogP contribution >= 0.6 is 0 Å². The molecule has 0 fully saturated rings. The van der Waals surface area contributed by atoms with Gasteiger partial charge >= 0.3 is 0 Å². The Labute approximate surface area is 95.2 Å².